The van der Waals surface area contributed by atoms with Gasteiger partial charge in [0.1, 0.15) is 15.7 Å². The zero-order valence-electron chi connectivity index (χ0n) is 31.5. The first-order valence-electron chi connectivity index (χ1n) is 19.9. The third-order valence-electron chi connectivity index (χ3n) is 13.0. The second-order valence-electron chi connectivity index (χ2n) is 16.9. The number of ether oxygens (including phenoxy) is 3. The SMILES string of the molecule is CO[C@H]1/C=C/C[C@H](C)CS(=O)(NC(=O)N[C@@H]2C[C@H]2C2CCOCC2)=NC(=O)c2ccc3c(c2)N(C[C@@H]2CC[C@H]21)C[C@@]1(CCCc2cc(C)ccc21)CO3. The fourth-order valence-corrected chi connectivity index (χ4v) is 11.7. The molecule has 6 aliphatic rings. The Kier molecular flexibility index (Phi) is 10.4. The van der Waals surface area contributed by atoms with Crippen molar-refractivity contribution in [1.29, 1.82) is 0 Å². The van der Waals surface area contributed by atoms with Crippen molar-refractivity contribution in [3.63, 3.8) is 0 Å². The number of carbonyl (C=O) groups excluding carboxylic acids is 2. The van der Waals surface area contributed by atoms with E-state index in [-0.39, 0.29) is 29.2 Å². The van der Waals surface area contributed by atoms with Crippen LogP contribution in [-0.4, -0.2) is 74.1 Å². The smallest absolute Gasteiger partial charge is 0.327 e. The highest BCUT2D eigenvalue weighted by Gasteiger charge is 2.46. The fourth-order valence-electron chi connectivity index (χ4n) is 9.92. The molecular weight excluding hydrogens is 689 g/mol. The largest absolute Gasteiger partial charge is 0.490 e. The van der Waals surface area contributed by atoms with Crippen LogP contribution in [0, 0.1) is 36.5 Å². The third kappa shape index (κ3) is 7.76. The number of benzene rings is 2. The van der Waals surface area contributed by atoms with Gasteiger partial charge in [0.15, 0.2) is 0 Å². The van der Waals surface area contributed by atoms with Crippen molar-refractivity contribution in [1.82, 2.24) is 10.0 Å². The lowest BCUT2D eigenvalue weighted by Gasteiger charge is -2.46. The molecule has 8 rings (SSSR count). The summed E-state index contributed by atoms with van der Waals surface area (Å²) in [6.07, 6.45) is 13.2. The lowest BCUT2D eigenvalue weighted by molar-refractivity contribution is 0.0131. The van der Waals surface area contributed by atoms with Crippen molar-refractivity contribution in [3.8, 4) is 5.75 Å². The van der Waals surface area contributed by atoms with Gasteiger partial charge < -0.3 is 24.4 Å². The molecule has 3 heterocycles. The van der Waals surface area contributed by atoms with Crippen molar-refractivity contribution in [3.05, 3.63) is 70.8 Å². The van der Waals surface area contributed by atoms with Crippen molar-refractivity contribution < 1.29 is 28.0 Å². The summed E-state index contributed by atoms with van der Waals surface area (Å²) in [7, 11) is -1.68. The number of aryl methyl sites for hydroxylation is 2. The molecule has 1 saturated heterocycles. The zero-order chi connectivity index (χ0) is 36.7. The van der Waals surface area contributed by atoms with Gasteiger partial charge in [-0.15, -0.1) is 4.36 Å². The number of methoxy groups -OCH3 is 1. The number of carbonyl (C=O) groups is 2. The van der Waals surface area contributed by atoms with E-state index in [4.69, 9.17) is 14.2 Å². The molecule has 3 aliphatic heterocycles. The Bertz CT molecular complexity index is 1870. The van der Waals surface area contributed by atoms with Crippen LogP contribution in [0.5, 0.6) is 5.75 Å². The molecule has 8 atom stereocenters. The standard InChI is InChI=1S/C42H56N4O6S/c1-27-9-13-35-30(20-27)7-5-17-42(35)25-46-23-32-10-12-33(32)38(50-3)8-4-6-28(2)24-53(49,44-40(47)31-11-14-39(52-26-42)37(46)21-31)45-41(48)43-36-22-34(36)29-15-18-51-19-16-29/h4,8-9,11,13-14,20-21,28-29,32-34,36,38H,5-7,10,12,15-19,22-26H2,1-3H3,(H2,43,44,45,47,48,49)/b8-4+/t28-,32-,33+,34-,36+,38-,42-,53?/m0/s1. The Morgan fingerprint density at radius 1 is 1.08 bits per heavy atom. The molecule has 11 heteroatoms. The Morgan fingerprint density at radius 3 is 2.72 bits per heavy atom. The van der Waals surface area contributed by atoms with Crippen molar-refractivity contribution in [2.45, 2.75) is 89.2 Å². The molecule has 3 aliphatic carbocycles. The molecule has 53 heavy (non-hydrogen) atoms. The summed E-state index contributed by atoms with van der Waals surface area (Å²) >= 11 is 0. The van der Waals surface area contributed by atoms with Gasteiger partial charge in [-0.1, -0.05) is 42.8 Å². The van der Waals surface area contributed by atoms with E-state index >= 15 is 0 Å². The van der Waals surface area contributed by atoms with Crippen molar-refractivity contribution in [2.75, 3.05) is 50.7 Å². The third-order valence-corrected chi connectivity index (χ3v) is 15.0. The monoisotopic (exact) mass is 744 g/mol. The topological polar surface area (TPSA) is 119 Å². The summed E-state index contributed by atoms with van der Waals surface area (Å²) in [4.78, 5) is 29.9. The summed E-state index contributed by atoms with van der Waals surface area (Å²) in [6, 6.07) is 11.8. The average molecular weight is 745 g/mol. The number of urea groups is 1. The van der Waals surface area contributed by atoms with E-state index in [1.54, 1.807) is 13.2 Å². The second kappa shape index (κ2) is 15.0. The van der Waals surface area contributed by atoms with Gasteiger partial charge in [0.2, 0.25) is 0 Å². The number of amides is 3. The molecule has 10 nitrogen and oxygen atoms in total. The number of rotatable bonds is 4. The molecule has 2 aromatic carbocycles. The minimum absolute atomic E-state index is 0.0306. The second-order valence-corrected chi connectivity index (χ2v) is 18.9. The van der Waals surface area contributed by atoms with Gasteiger partial charge in [-0.25, -0.2) is 9.00 Å². The van der Waals surface area contributed by atoms with Crippen LogP contribution in [-0.2, 0) is 31.2 Å². The summed E-state index contributed by atoms with van der Waals surface area (Å²) in [5.41, 5.74) is 5.06. The molecule has 1 unspecified atom stereocenters. The number of fused-ring (bicyclic) bond motifs is 4. The maximum Gasteiger partial charge on any atom is 0.327 e. The van der Waals surface area contributed by atoms with E-state index in [9.17, 15) is 13.8 Å². The highest BCUT2D eigenvalue weighted by Crippen LogP contribution is 2.47. The van der Waals surface area contributed by atoms with Gasteiger partial charge in [0, 0.05) is 50.4 Å². The first-order valence-corrected chi connectivity index (χ1v) is 21.6. The molecule has 0 aromatic heterocycles. The van der Waals surface area contributed by atoms with Gasteiger partial charge in [-0.3, -0.25) is 9.52 Å². The van der Waals surface area contributed by atoms with E-state index in [0.29, 0.717) is 42.3 Å². The quantitative estimate of drug-likeness (QED) is 0.333. The molecule has 1 spiro atoms. The highest BCUT2D eigenvalue weighted by molar-refractivity contribution is 7.92. The van der Waals surface area contributed by atoms with Gasteiger partial charge in [0.25, 0.3) is 5.91 Å². The van der Waals surface area contributed by atoms with Crippen LogP contribution in [0.2, 0.25) is 0 Å². The Balaban J connectivity index is 1.12. The number of hydrogen-bond donors (Lipinski definition) is 2. The lowest BCUT2D eigenvalue weighted by atomic mass is 9.68. The Labute approximate surface area is 315 Å². The predicted octanol–water partition coefficient (Wildman–Crippen LogP) is 6.74. The predicted molar refractivity (Wildman–Crippen MR) is 207 cm³/mol. The van der Waals surface area contributed by atoms with Crippen LogP contribution in [0.4, 0.5) is 10.5 Å². The van der Waals surface area contributed by atoms with E-state index in [0.717, 1.165) is 89.1 Å². The summed E-state index contributed by atoms with van der Waals surface area (Å²) < 4.78 is 39.9. The van der Waals surface area contributed by atoms with E-state index < -0.39 is 21.9 Å². The van der Waals surface area contributed by atoms with Crippen LogP contribution in [0.3, 0.4) is 0 Å². The zero-order valence-corrected chi connectivity index (χ0v) is 32.3. The van der Waals surface area contributed by atoms with Gasteiger partial charge in [0.05, 0.1) is 24.2 Å². The first-order chi connectivity index (χ1) is 25.6. The van der Waals surface area contributed by atoms with E-state index in [1.807, 2.05) is 19.1 Å². The number of hydrogen-bond acceptors (Lipinski definition) is 7. The number of allylic oxidation sites excluding steroid dienone is 1. The summed E-state index contributed by atoms with van der Waals surface area (Å²) in [5.74, 6) is 1.80. The molecular formula is C42H56N4O6S. The van der Waals surface area contributed by atoms with Crippen molar-refractivity contribution >= 4 is 27.5 Å². The molecule has 2 bridgehead atoms. The normalized spacial score (nSPS) is 35.0. The molecule has 286 valence electrons. The van der Waals surface area contributed by atoms with Crippen molar-refractivity contribution in [2.24, 2.45) is 34.0 Å². The average Bonchev–Trinajstić information content (AvgIpc) is 3.91. The van der Waals surface area contributed by atoms with E-state index in [1.165, 1.54) is 16.7 Å². The first kappa shape index (κ1) is 36.6. The summed E-state index contributed by atoms with van der Waals surface area (Å²) in [6.45, 7) is 7.81. The maximum atomic E-state index is 14.6. The van der Waals surface area contributed by atoms with Gasteiger partial charge in [-0.2, -0.15) is 0 Å². The van der Waals surface area contributed by atoms with E-state index in [2.05, 4.69) is 56.6 Å². The fraction of sp³-hybridized carbons (Fsp3) is 0.619. The number of anilines is 1. The molecule has 0 radical (unpaired) electrons. The molecule has 3 amide bonds. The van der Waals surface area contributed by atoms with Crippen LogP contribution in [0.1, 0.15) is 85.3 Å². The molecule has 2 aromatic rings. The maximum absolute atomic E-state index is 14.6. The van der Waals surface area contributed by atoms with Crippen LogP contribution < -0.4 is 19.7 Å². The van der Waals surface area contributed by atoms with Gasteiger partial charge >= 0.3 is 6.03 Å². The summed E-state index contributed by atoms with van der Waals surface area (Å²) in [5, 5.41) is 3.04. The van der Waals surface area contributed by atoms with Crippen LogP contribution in [0.15, 0.2) is 52.9 Å². The van der Waals surface area contributed by atoms with Crippen LogP contribution >= 0.6 is 0 Å². The molecule has 2 saturated carbocycles. The molecule has 3 fully saturated rings. The van der Waals surface area contributed by atoms with Gasteiger partial charge in [-0.05, 0) is 124 Å². The number of nitrogens with zero attached hydrogens (tertiary/aromatic N) is 2. The number of nitrogens with one attached hydrogen (secondary N) is 2. The molecule has 2 N–H and O–H groups in total. The van der Waals surface area contributed by atoms with Crippen LogP contribution in [0.25, 0.3) is 0 Å². The Hall–Kier alpha value is -3.41. The Morgan fingerprint density at radius 2 is 1.92 bits per heavy atom. The minimum Gasteiger partial charge on any atom is -0.490 e. The lowest BCUT2D eigenvalue weighted by Crippen LogP contribution is -2.49. The minimum atomic E-state index is -3.47. The highest BCUT2D eigenvalue weighted by atomic mass is 32.2.